The lowest BCUT2D eigenvalue weighted by molar-refractivity contribution is -0.137. The molecule has 0 unspecified atom stereocenters. The second-order valence-corrected chi connectivity index (χ2v) is 5.84. The second-order valence-electron chi connectivity index (χ2n) is 5.84. The summed E-state index contributed by atoms with van der Waals surface area (Å²) in [4.78, 5) is 26.6. The van der Waals surface area contributed by atoms with Gasteiger partial charge in [0.2, 0.25) is 0 Å². The Kier molecular flexibility index (Phi) is 6.12. The maximum atomic E-state index is 12.5. The Morgan fingerprint density at radius 2 is 1.89 bits per heavy atom. The molecule has 110 valence electrons. The van der Waals surface area contributed by atoms with Crippen LogP contribution in [0.4, 0.5) is 4.79 Å². The Morgan fingerprint density at radius 3 is 2.32 bits per heavy atom. The van der Waals surface area contributed by atoms with E-state index in [4.69, 9.17) is 5.11 Å². The maximum absolute atomic E-state index is 12.5. The molecule has 1 fully saturated rings. The number of amides is 2. The Balaban J connectivity index is 2.65. The molecule has 1 N–H and O–H groups in total. The number of urea groups is 1. The number of nitrogens with zero attached hydrogens (tertiary/aromatic N) is 2. The molecule has 5 heteroatoms. The number of carbonyl (C=O) groups excluding carboxylic acids is 1. The van der Waals surface area contributed by atoms with Crippen molar-refractivity contribution in [3.05, 3.63) is 0 Å². The van der Waals surface area contributed by atoms with Crippen LogP contribution >= 0.6 is 0 Å². The van der Waals surface area contributed by atoms with Crippen molar-refractivity contribution in [2.75, 3.05) is 26.2 Å². The molecule has 0 bridgehead atoms. The normalized spacial score (nSPS) is 14.5. The van der Waals surface area contributed by atoms with E-state index >= 15 is 0 Å². The largest absolute Gasteiger partial charge is 0.480 e. The lowest BCUT2D eigenvalue weighted by Crippen LogP contribution is -2.47. The van der Waals surface area contributed by atoms with Gasteiger partial charge in [-0.1, -0.05) is 20.8 Å². The van der Waals surface area contributed by atoms with Crippen molar-refractivity contribution in [2.45, 2.75) is 40.0 Å². The Bertz CT molecular complexity index is 314. The summed E-state index contributed by atoms with van der Waals surface area (Å²) in [5.74, 6) is -0.0502. The number of rotatable bonds is 8. The van der Waals surface area contributed by atoms with Crippen LogP contribution in [0.15, 0.2) is 0 Å². The molecule has 19 heavy (non-hydrogen) atoms. The minimum absolute atomic E-state index is 0.121. The van der Waals surface area contributed by atoms with Crippen molar-refractivity contribution < 1.29 is 14.7 Å². The monoisotopic (exact) mass is 270 g/mol. The first kappa shape index (κ1) is 15.8. The van der Waals surface area contributed by atoms with E-state index in [1.54, 1.807) is 0 Å². The van der Waals surface area contributed by atoms with Crippen molar-refractivity contribution in [1.82, 2.24) is 9.80 Å². The molecule has 0 saturated heterocycles. The van der Waals surface area contributed by atoms with Crippen LogP contribution in [-0.4, -0.2) is 53.1 Å². The van der Waals surface area contributed by atoms with E-state index in [-0.39, 0.29) is 18.5 Å². The lowest BCUT2D eigenvalue weighted by Gasteiger charge is -2.30. The Labute approximate surface area is 115 Å². The quantitative estimate of drug-likeness (QED) is 0.736. The van der Waals surface area contributed by atoms with Crippen molar-refractivity contribution in [3.63, 3.8) is 0 Å². The van der Waals surface area contributed by atoms with Crippen molar-refractivity contribution in [1.29, 1.82) is 0 Å². The fourth-order valence-corrected chi connectivity index (χ4v) is 2.16. The first-order valence-corrected chi connectivity index (χ1v) is 7.19. The van der Waals surface area contributed by atoms with Gasteiger partial charge in [0, 0.05) is 19.6 Å². The van der Waals surface area contributed by atoms with E-state index in [9.17, 15) is 9.59 Å². The van der Waals surface area contributed by atoms with E-state index in [0.29, 0.717) is 19.0 Å². The smallest absolute Gasteiger partial charge is 0.323 e. The number of carboxylic acids is 1. The topological polar surface area (TPSA) is 60.9 Å². The van der Waals surface area contributed by atoms with Gasteiger partial charge in [-0.3, -0.25) is 4.79 Å². The third kappa shape index (κ3) is 5.94. The van der Waals surface area contributed by atoms with Crippen LogP contribution in [0.1, 0.15) is 40.0 Å². The molecule has 0 spiro atoms. The van der Waals surface area contributed by atoms with Gasteiger partial charge in [-0.05, 0) is 31.1 Å². The van der Waals surface area contributed by atoms with Crippen LogP contribution in [0.25, 0.3) is 0 Å². The van der Waals surface area contributed by atoms with E-state index in [1.807, 2.05) is 25.7 Å². The predicted molar refractivity (Wildman–Crippen MR) is 74.0 cm³/mol. The molecule has 0 aromatic carbocycles. The van der Waals surface area contributed by atoms with E-state index in [2.05, 4.69) is 0 Å². The Hall–Kier alpha value is -1.26. The average Bonchev–Trinajstić information content (AvgIpc) is 3.09. The molecule has 1 aliphatic rings. The van der Waals surface area contributed by atoms with Gasteiger partial charge in [0.15, 0.2) is 0 Å². The molecule has 0 aromatic rings. The van der Waals surface area contributed by atoms with Crippen LogP contribution in [0.5, 0.6) is 0 Å². The third-order valence-corrected chi connectivity index (χ3v) is 3.12. The summed E-state index contributed by atoms with van der Waals surface area (Å²) < 4.78 is 0. The molecule has 0 aliphatic heterocycles. The van der Waals surface area contributed by atoms with Gasteiger partial charge in [0.1, 0.15) is 6.54 Å². The third-order valence-electron chi connectivity index (χ3n) is 3.12. The summed E-state index contributed by atoms with van der Waals surface area (Å²) in [6, 6.07) is -0.121. The fraction of sp³-hybridized carbons (Fsp3) is 0.857. The molecule has 0 atom stereocenters. The van der Waals surface area contributed by atoms with Gasteiger partial charge < -0.3 is 14.9 Å². The van der Waals surface area contributed by atoms with Crippen molar-refractivity contribution >= 4 is 12.0 Å². The highest BCUT2D eigenvalue weighted by molar-refractivity contribution is 5.80. The number of carboxylic acid groups (broad SMARTS) is 1. The maximum Gasteiger partial charge on any atom is 0.323 e. The van der Waals surface area contributed by atoms with Crippen LogP contribution in [0.3, 0.4) is 0 Å². The lowest BCUT2D eigenvalue weighted by atomic mass is 10.2. The van der Waals surface area contributed by atoms with Crippen LogP contribution in [0.2, 0.25) is 0 Å². The molecule has 0 heterocycles. The number of hydrogen-bond acceptors (Lipinski definition) is 2. The average molecular weight is 270 g/mol. The number of carbonyl (C=O) groups is 2. The molecule has 5 nitrogen and oxygen atoms in total. The minimum Gasteiger partial charge on any atom is -0.480 e. The highest BCUT2D eigenvalue weighted by atomic mass is 16.4. The Morgan fingerprint density at radius 1 is 1.26 bits per heavy atom. The minimum atomic E-state index is -0.947. The first-order valence-electron chi connectivity index (χ1n) is 7.19. The van der Waals surface area contributed by atoms with Gasteiger partial charge in [0.05, 0.1) is 0 Å². The van der Waals surface area contributed by atoms with Crippen LogP contribution in [0, 0.1) is 11.8 Å². The van der Waals surface area contributed by atoms with E-state index in [1.165, 1.54) is 17.7 Å². The molecule has 2 amide bonds. The highest BCUT2D eigenvalue weighted by Gasteiger charge is 2.29. The standard InChI is InChI=1S/C14H26N2O3/c1-4-7-15(9-12-5-6-12)14(19)16(8-11(2)3)10-13(17)18/h11-12H,4-10H2,1-3H3,(H,17,18). The molecular formula is C14H26N2O3. The van der Waals surface area contributed by atoms with Crippen molar-refractivity contribution in [2.24, 2.45) is 11.8 Å². The van der Waals surface area contributed by atoms with Gasteiger partial charge >= 0.3 is 12.0 Å². The zero-order chi connectivity index (χ0) is 14.4. The summed E-state index contributed by atoms with van der Waals surface area (Å²) in [5, 5.41) is 8.94. The van der Waals surface area contributed by atoms with Crippen molar-refractivity contribution in [3.8, 4) is 0 Å². The highest BCUT2D eigenvalue weighted by Crippen LogP contribution is 2.30. The predicted octanol–water partition coefficient (Wildman–Crippen LogP) is 2.27. The summed E-state index contributed by atoms with van der Waals surface area (Å²) in [5.41, 5.74) is 0. The van der Waals surface area contributed by atoms with E-state index < -0.39 is 5.97 Å². The molecule has 1 rings (SSSR count). The molecule has 1 saturated carbocycles. The molecular weight excluding hydrogens is 244 g/mol. The van der Waals surface area contributed by atoms with Crippen LogP contribution in [-0.2, 0) is 4.79 Å². The first-order chi connectivity index (χ1) is 8.93. The van der Waals surface area contributed by atoms with E-state index in [0.717, 1.165) is 13.0 Å². The van der Waals surface area contributed by atoms with Gasteiger partial charge in [0.25, 0.3) is 0 Å². The molecule has 0 radical (unpaired) electrons. The number of aliphatic carboxylic acids is 1. The summed E-state index contributed by atoms with van der Waals surface area (Å²) in [6.07, 6.45) is 3.29. The van der Waals surface area contributed by atoms with Gasteiger partial charge in [-0.15, -0.1) is 0 Å². The zero-order valence-electron chi connectivity index (χ0n) is 12.3. The SMILES string of the molecule is CCCN(CC1CC1)C(=O)N(CC(=O)O)CC(C)C. The second kappa shape index (κ2) is 7.36. The van der Waals surface area contributed by atoms with Crippen LogP contribution < -0.4 is 0 Å². The molecule has 0 aromatic heterocycles. The van der Waals surface area contributed by atoms with Gasteiger partial charge in [-0.25, -0.2) is 4.79 Å². The van der Waals surface area contributed by atoms with Gasteiger partial charge in [-0.2, -0.15) is 0 Å². The fourth-order valence-electron chi connectivity index (χ4n) is 2.16. The number of hydrogen-bond donors (Lipinski definition) is 1. The zero-order valence-corrected chi connectivity index (χ0v) is 12.3. The molecule has 1 aliphatic carbocycles. The summed E-state index contributed by atoms with van der Waals surface area (Å²) in [7, 11) is 0. The summed E-state index contributed by atoms with van der Waals surface area (Å²) >= 11 is 0. The summed E-state index contributed by atoms with van der Waals surface area (Å²) in [6.45, 7) is 7.81.